The number of nitrogens with one attached hydrogen (secondary N) is 1. The van der Waals surface area contributed by atoms with Crippen LogP contribution in [0, 0.1) is 5.92 Å². The van der Waals surface area contributed by atoms with Gasteiger partial charge in [-0.05, 0) is 43.4 Å². The van der Waals surface area contributed by atoms with Crippen LogP contribution in [0.1, 0.15) is 38.3 Å². The molecule has 1 aliphatic carbocycles. The van der Waals surface area contributed by atoms with Crippen LogP contribution in [0.4, 0.5) is 19.3 Å². The number of rotatable bonds is 3. The number of piperidine rings is 1. The molecule has 1 aromatic carbocycles. The number of nitrogens with zero attached hydrogens (tertiary/aromatic N) is 2. The fraction of sp³-hybridized carbons (Fsp3) is 0.444. The molecular weight excluding hydrogens is 364 g/mol. The Morgan fingerprint density at radius 1 is 1.35 bits per heavy atom. The molecule has 2 aromatic rings. The van der Waals surface area contributed by atoms with Crippen LogP contribution in [0.25, 0.3) is 11.5 Å². The fourth-order valence-corrected chi connectivity index (χ4v) is 4.14. The van der Waals surface area contributed by atoms with Crippen LogP contribution in [0.5, 0.6) is 0 Å². The van der Waals surface area contributed by atoms with Crippen LogP contribution in [0.15, 0.2) is 28.9 Å². The third kappa shape index (κ3) is 3.05. The topological polar surface area (TPSA) is 58.4 Å². The first-order chi connectivity index (χ1) is 12.4. The largest absolute Gasteiger partial charge is 0.444 e. The van der Waals surface area contributed by atoms with Gasteiger partial charge in [-0.25, -0.2) is 18.6 Å². The summed E-state index contributed by atoms with van der Waals surface area (Å²) in [5.74, 6) is 0.648. The smallest absolute Gasteiger partial charge is 0.322 e. The summed E-state index contributed by atoms with van der Waals surface area (Å²) >= 11 is 6.14. The van der Waals surface area contributed by atoms with Crippen molar-refractivity contribution in [2.24, 2.45) is 5.92 Å². The number of carbonyl (C=O) groups excluding carboxylic acids is 1. The van der Waals surface area contributed by atoms with Gasteiger partial charge < -0.3 is 14.6 Å². The number of fused-ring (bicyclic) bond motifs is 2. The second kappa shape index (κ2) is 6.54. The molecule has 138 valence electrons. The van der Waals surface area contributed by atoms with Crippen molar-refractivity contribution in [3.63, 3.8) is 0 Å². The number of urea groups is 1. The van der Waals surface area contributed by atoms with Crippen molar-refractivity contribution in [2.75, 3.05) is 5.32 Å². The zero-order chi connectivity index (χ0) is 18.4. The number of oxazole rings is 1. The molecule has 2 saturated heterocycles. The highest BCUT2D eigenvalue weighted by atomic mass is 35.5. The van der Waals surface area contributed by atoms with E-state index in [0.717, 1.165) is 25.5 Å². The lowest BCUT2D eigenvalue weighted by molar-refractivity contribution is -0.00601. The lowest BCUT2D eigenvalue weighted by Gasteiger charge is -2.54. The minimum Gasteiger partial charge on any atom is -0.444 e. The second-order valence-electron chi connectivity index (χ2n) is 7.03. The summed E-state index contributed by atoms with van der Waals surface area (Å²) in [4.78, 5) is 18.2. The average Bonchev–Trinajstić information content (AvgIpc) is 3.06. The zero-order valence-electron chi connectivity index (χ0n) is 14.1. The summed E-state index contributed by atoms with van der Waals surface area (Å²) in [5, 5.41) is 3.17. The van der Waals surface area contributed by atoms with E-state index in [9.17, 15) is 13.6 Å². The summed E-state index contributed by atoms with van der Waals surface area (Å²) in [6.45, 7) is 2.21. The van der Waals surface area contributed by atoms with E-state index in [0.29, 0.717) is 34.3 Å². The number of hydrogen-bond donors (Lipinski definition) is 1. The molecule has 1 aromatic heterocycles. The summed E-state index contributed by atoms with van der Waals surface area (Å²) < 4.78 is 30.5. The Morgan fingerprint density at radius 2 is 2.08 bits per heavy atom. The number of carbonyl (C=O) groups is 1. The molecule has 3 aliphatic rings. The number of halogens is 3. The third-order valence-corrected chi connectivity index (χ3v) is 5.44. The van der Waals surface area contributed by atoms with Gasteiger partial charge in [0.1, 0.15) is 12.0 Å². The molecule has 3 atom stereocenters. The second-order valence-corrected chi connectivity index (χ2v) is 7.44. The van der Waals surface area contributed by atoms with Crippen molar-refractivity contribution in [1.82, 2.24) is 9.88 Å². The lowest BCUT2D eigenvalue weighted by Crippen LogP contribution is -2.63. The van der Waals surface area contributed by atoms with Gasteiger partial charge in [-0.15, -0.1) is 0 Å². The number of alkyl halides is 2. The van der Waals surface area contributed by atoms with Gasteiger partial charge in [0.05, 0.1) is 10.6 Å². The summed E-state index contributed by atoms with van der Waals surface area (Å²) in [5.41, 5.74) is 0.422. The van der Waals surface area contributed by atoms with Gasteiger partial charge in [-0.2, -0.15) is 0 Å². The molecule has 3 fully saturated rings. The van der Waals surface area contributed by atoms with Crippen LogP contribution in [0.2, 0.25) is 5.02 Å². The van der Waals surface area contributed by atoms with E-state index in [2.05, 4.69) is 17.2 Å². The van der Waals surface area contributed by atoms with Gasteiger partial charge in [0.15, 0.2) is 0 Å². The highest BCUT2D eigenvalue weighted by Crippen LogP contribution is 2.41. The average molecular weight is 382 g/mol. The molecule has 1 unspecified atom stereocenters. The SMILES string of the molecule is CC1C[C@@H]2C[C@H](C1)N2C(=O)Nc1ccc(Cl)c(-c2nc(C(F)F)co2)c1. The van der Waals surface area contributed by atoms with E-state index >= 15 is 0 Å². The Labute approximate surface area is 154 Å². The van der Waals surface area contributed by atoms with Crippen molar-refractivity contribution >= 4 is 23.3 Å². The van der Waals surface area contributed by atoms with Crippen LogP contribution >= 0.6 is 11.6 Å². The molecule has 3 heterocycles. The molecule has 0 radical (unpaired) electrons. The Morgan fingerprint density at radius 3 is 2.73 bits per heavy atom. The standard InChI is InChI=1S/C18H18ClF2N3O2/c1-9-4-11-7-12(5-9)24(11)18(25)22-10-2-3-14(19)13(6-10)17-23-15(8-26-17)16(20)21/h2-3,6,8-9,11-12,16H,4-5,7H2,1H3,(H,22,25)/t9?,11-,12+. The van der Waals surface area contributed by atoms with Crippen LogP contribution in [0.3, 0.4) is 0 Å². The minimum atomic E-state index is -2.72. The van der Waals surface area contributed by atoms with Gasteiger partial charge >= 0.3 is 6.03 Å². The van der Waals surface area contributed by atoms with Crippen molar-refractivity contribution in [3.8, 4) is 11.5 Å². The van der Waals surface area contributed by atoms with Crippen molar-refractivity contribution in [3.05, 3.63) is 35.2 Å². The Hall–Kier alpha value is -2.15. The Kier molecular flexibility index (Phi) is 4.34. The molecule has 0 spiro atoms. The fourth-order valence-electron chi connectivity index (χ4n) is 3.94. The first-order valence-corrected chi connectivity index (χ1v) is 8.93. The molecule has 1 N–H and O–H groups in total. The zero-order valence-corrected chi connectivity index (χ0v) is 14.8. The number of benzene rings is 1. The molecule has 2 aliphatic heterocycles. The molecule has 8 heteroatoms. The third-order valence-electron chi connectivity index (χ3n) is 5.11. The maximum Gasteiger partial charge on any atom is 0.322 e. The Balaban J connectivity index is 1.52. The summed E-state index contributed by atoms with van der Waals surface area (Å²) in [6, 6.07) is 5.29. The van der Waals surface area contributed by atoms with Gasteiger partial charge in [-0.3, -0.25) is 0 Å². The summed E-state index contributed by atoms with van der Waals surface area (Å²) in [7, 11) is 0. The summed E-state index contributed by atoms with van der Waals surface area (Å²) in [6.07, 6.45) is 1.31. The quantitative estimate of drug-likeness (QED) is 0.780. The predicted molar refractivity (Wildman–Crippen MR) is 93.4 cm³/mol. The lowest BCUT2D eigenvalue weighted by atomic mass is 9.74. The van der Waals surface area contributed by atoms with Crippen molar-refractivity contribution < 1.29 is 18.0 Å². The van der Waals surface area contributed by atoms with Gasteiger partial charge in [0, 0.05) is 17.8 Å². The molecule has 1 saturated carbocycles. The normalized spacial score (nSPS) is 24.5. The van der Waals surface area contributed by atoms with Crippen LogP contribution in [-0.2, 0) is 0 Å². The molecule has 5 rings (SSSR count). The first-order valence-electron chi connectivity index (χ1n) is 8.55. The van der Waals surface area contributed by atoms with E-state index < -0.39 is 12.1 Å². The van der Waals surface area contributed by atoms with E-state index in [-0.39, 0.29) is 11.9 Å². The minimum absolute atomic E-state index is 0.00366. The maximum atomic E-state index is 12.7. The maximum absolute atomic E-state index is 12.7. The van der Waals surface area contributed by atoms with Crippen LogP contribution in [-0.4, -0.2) is 28.0 Å². The van der Waals surface area contributed by atoms with Gasteiger partial charge in [0.2, 0.25) is 5.89 Å². The van der Waals surface area contributed by atoms with Gasteiger partial charge in [0.25, 0.3) is 6.43 Å². The van der Waals surface area contributed by atoms with E-state index in [1.165, 1.54) is 0 Å². The highest BCUT2D eigenvalue weighted by molar-refractivity contribution is 6.33. The molecule has 2 bridgehead atoms. The van der Waals surface area contributed by atoms with E-state index in [4.69, 9.17) is 16.0 Å². The number of aromatic nitrogens is 1. The first kappa shape index (κ1) is 17.3. The molecule has 2 amide bonds. The highest BCUT2D eigenvalue weighted by Gasteiger charge is 2.46. The Bertz CT molecular complexity index is 830. The van der Waals surface area contributed by atoms with Crippen LogP contribution < -0.4 is 5.32 Å². The molecule has 26 heavy (non-hydrogen) atoms. The molecular formula is C18H18ClF2N3O2. The monoisotopic (exact) mass is 381 g/mol. The van der Waals surface area contributed by atoms with E-state index in [1.54, 1.807) is 18.2 Å². The van der Waals surface area contributed by atoms with Crippen molar-refractivity contribution in [1.29, 1.82) is 0 Å². The molecule has 5 nitrogen and oxygen atoms in total. The van der Waals surface area contributed by atoms with Crippen molar-refractivity contribution in [2.45, 2.75) is 44.7 Å². The van der Waals surface area contributed by atoms with E-state index in [1.807, 2.05) is 4.90 Å². The number of anilines is 1. The van der Waals surface area contributed by atoms with Gasteiger partial charge in [-0.1, -0.05) is 18.5 Å². The number of amides is 2. The predicted octanol–water partition coefficient (Wildman–Crippen LogP) is 5.34. The number of hydrogen-bond acceptors (Lipinski definition) is 3.